The molecule has 226 valence electrons. The van der Waals surface area contributed by atoms with Crippen LogP contribution < -0.4 is 15.7 Å². The van der Waals surface area contributed by atoms with Gasteiger partial charge in [-0.25, -0.2) is 9.59 Å². The van der Waals surface area contributed by atoms with Gasteiger partial charge in [0.05, 0.1) is 11.0 Å². The zero-order valence-corrected chi connectivity index (χ0v) is 24.2. The molecule has 0 unspecified atom stereocenters. The summed E-state index contributed by atoms with van der Waals surface area (Å²) >= 11 is 0. The van der Waals surface area contributed by atoms with E-state index in [1.807, 2.05) is 0 Å². The molecule has 4 atom stereocenters. The molecule has 1 saturated heterocycles. The Morgan fingerprint density at radius 3 is 2.42 bits per heavy atom. The van der Waals surface area contributed by atoms with Crippen LogP contribution in [-0.2, 0) is 14.2 Å². The van der Waals surface area contributed by atoms with Gasteiger partial charge in [0.1, 0.15) is 23.1 Å². The summed E-state index contributed by atoms with van der Waals surface area (Å²) in [4.78, 5) is 41.2. The number of carbonyl (C=O) groups is 2. The van der Waals surface area contributed by atoms with E-state index >= 15 is 0 Å². The number of hydrogen-bond acceptors (Lipinski definition) is 10. The van der Waals surface area contributed by atoms with Crippen LogP contribution in [0.5, 0.6) is 11.5 Å². The molecule has 1 amide bonds. The lowest BCUT2D eigenvalue weighted by Gasteiger charge is -2.47. The Balaban J connectivity index is 1.43. The van der Waals surface area contributed by atoms with Gasteiger partial charge in [-0.2, -0.15) is 0 Å². The molecule has 1 aliphatic heterocycles. The summed E-state index contributed by atoms with van der Waals surface area (Å²) in [6.45, 7) is 6.79. The van der Waals surface area contributed by atoms with Gasteiger partial charge in [-0.1, -0.05) is 18.2 Å². The van der Waals surface area contributed by atoms with Crippen LogP contribution in [0.1, 0.15) is 46.0 Å². The third-order valence-electron chi connectivity index (χ3n) is 7.33. The largest absolute Gasteiger partial charge is 0.505 e. The molecular formula is C31H32N2O10. The molecular weight excluding hydrogens is 560 g/mol. The minimum atomic E-state index is -1.48. The van der Waals surface area contributed by atoms with Gasteiger partial charge in [-0.15, -0.1) is 0 Å². The molecule has 1 fully saturated rings. The first-order chi connectivity index (χ1) is 20.4. The molecule has 0 radical (unpaired) electrons. The van der Waals surface area contributed by atoms with Crippen molar-refractivity contribution in [2.24, 2.45) is 0 Å². The van der Waals surface area contributed by atoms with Gasteiger partial charge in [0.25, 0.3) is 5.91 Å². The number of ether oxygens (including phenoxy) is 4. The highest BCUT2D eigenvalue weighted by Gasteiger charge is 2.53. The number of aromatic nitrogens is 1. The van der Waals surface area contributed by atoms with Crippen molar-refractivity contribution < 1.29 is 43.2 Å². The topological polar surface area (TPSA) is 170 Å². The minimum Gasteiger partial charge on any atom is -0.505 e. The van der Waals surface area contributed by atoms with E-state index in [4.69, 9.17) is 23.4 Å². The van der Waals surface area contributed by atoms with Crippen molar-refractivity contribution in [2.75, 3.05) is 12.4 Å². The lowest BCUT2D eigenvalue weighted by molar-refractivity contribution is -0.305. The number of esters is 1. The molecule has 2 aromatic carbocycles. The smallest absolute Gasteiger partial charge is 0.364 e. The van der Waals surface area contributed by atoms with Gasteiger partial charge >= 0.3 is 11.6 Å². The maximum absolute atomic E-state index is 12.9. The highest BCUT2D eigenvalue weighted by Crippen LogP contribution is 2.38. The number of carbonyl (C=O) groups excluding carboxylic acids is 2. The molecule has 12 heteroatoms. The van der Waals surface area contributed by atoms with Crippen molar-refractivity contribution in [1.29, 1.82) is 0 Å². The van der Waals surface area contributed by atoms with E-state index in [9.17, 15) is 24.6 Å². The second kappa shape index (κ2) is 11.6. The molecule has 43 heavy (non-hydrogen) atoms. The van der Waals surface area contributed by atoms with E-state index in [2.05, 4.69) is 10.3 Å². The van der Waals surface area contributed by atoms with Gasteiger partial charge in [0.2, 0.25) is 6.29 Å². The second-order valence-electron chi connectivity index (χ2n) is 10.8. The van der Waals surface area contributed by atoms with Crippen LogP contribution in [0.4, 0.5) is 5.69 Å². The fourth-order valence-electron chi connectivity index (χ4n) is 5.12. The Morgan fingerprint density at radius 1 is 1.05 bits per heavy atom. The van der Waals surface area contributed by atoms with Crippen molar-refractivity contribution in [3.63, 3.8) is 0 Å². The van der Waals surface area contributed by atoms with Crippen molar-refractivity contribution in [3.8, 4) is 11.5 Å². The summed E-state index contributed by atoms with van der Waals surface area (Å²) in [5.41, 5.74) is -0.880. The van der Waals surface area contributed by atoms with Gasteiger partial charge in [-0.05, 0) is 64.1 Å². The first-order valence-corrected chi connectivity index (χ1v) is 13.5. The SMILES string of the molecule is CO[C@@H]1[C@@H](OC(=O)c2ccc(C)[nH]2)[C@@H](O)[C@H](Oc2ccc3c(O)c(NC(=O)c4ccccc4)c(=O)oc3c2C)OC1(C)C. The number of H-pyrrole nitrogens is 1. The van der Waals surface area contributed by atoms with Gasteiger partial charge < -0.3 is 43.9 Å². The molecule has 0 bridgehead atoms. The molecule has 4 aromatic rings. The normalized spacial score (nSPS) is 21.3. The third kappa shape index (κ3) is 5.72. The van der Waals surface area contributed by atoms with Crippen LogP contribution >= 0.6 is 0 Å². The minimum absolute atomic E-state index is 0.00197. The molecule has 12 nitrogen and oxygen atoms in total. The zero-order valence-electron chi connectivity index (χ0n) is 24.2. The fraction of sp³-hybridized carbons (Fsp3) is 0.323. The highest BCUT2D eigenvalue weighted by molar-refractivity contribution is 6.06. The lowest BCUT2D eigenvalue weighted by Crippen LogP contribution is -2.65. The molecule has 1 aliphatic rings. The first kappa shape index (κ1) is 29.8. The standard InChI is InChI=1S/C31H32N2O10/c1-15-11-13-19(32-15)28(37)42-25-23(35)30(43-31(3,4)26(25)39-5)40-20-14-12-18-22(34)21(29(38)41-24(18)16(20)2)33-27(36)17-9-7-6-8-10-17/h6-14,23,25-26,30,32,34-35H,1-5H3,(H,33,36)/t23-,25+,26-,30-/m1/s1. The van der Waals surface area contributed by atoms with E-state index in [-0.39, 0.29) is 28.0 Å². The molecule has 3 heterocycles. The fourth-order valence-corrected chi connectivity index (χ4v) is 5.12. The Morgan fingerprint density at radius 2 is 1.77 bits per heavy atom. The molecule has 5 rings (SSSR count). The van der Waals surface area contributed by atoms with Crippen LogP contribution in [0, 0.1) is 13.8 Å². The summed E-state index contributed by atoms with van der Waals surface area (Å²) in [5, 5.41) is 24.7. The first-order valence-electron chi connectivity index (χ1n) is 13.5. The molecule has 2 aromatic heterocycles. The monoisotopic (exact) mass is 592 g/mol. The predicted molar refractivity (Wildman–Crippen MR) is 154 cm³/mol. The number of benzene rings is 2. The predicted octanol–water partition coefficient (Wildman–Crippen LogP) is 3.81. The van der Waals surface area contributed by atoms with E-state index < -0.39 is 59.1 Å². The summed E-state index contributed by atoms with van der Waals surface area (Å²) in [7, 11) is 1.42. The highest BCUT2D eigenvalue weighted by atomic mass is 16.7. The van der Waals surface area contributed by atoms with Crippen molar-refractivity contribution in [2.45, 2.75) is 57.9 Å². The zero-order chi connectivity index (χ0) is 31.1. The number of nitrogens with one attached hydrogen (secondary N) is 2. The van der Waals surface area contributed by atoms with Crippen LogP contribution in [0.2, 0.25) is 0 Å². The number of aryl methyl sites for hydroxylation is 2. The number of rotatable bonds is 7. The Kier molecular flexibility index (Phi) is 8.02. The van der Waals surface area contributed by atoms with Crippen LogP contribution in [-0.4, -0.2) is 64.4 Å². The number of aromatic hydroxyl groups is 1. The van der Waals surface area contributed by atoms with Crippen LogP contribution in [0.25, 0.3) is 11.0 Å². The molecule has 0 spiro atoms. The van der Waals surface area contributed by atoms with Gasteiger partial charge in [-0.3, -0.25) is 4.79 Å². The number of aromatic amines is 1. The lowest BCUT2D eigenvalue weighted by atomic mass is 9.89. The Hall–Kier alpha value is -4.65. The summed E-state index contributed by atoms with van der Waals surface area (Å²) in [5.74, 6) is -1.60. The van der Waals surface area contributed by atoms with Gasteiger partial charge in [0.15, 0.2) is 23.6 Å². The number of methoxy groups -OCH3 is 1. The van der Waals surface area contributed by atoms with Gasteiger partial charge in [0, 0.05) is 23.9 Å². The third-order valence-corrected chi connectivity index (χ3v) is 7.33. The average molecular weight is 593 g/mol. The number of amides is 1. The number of hydrogen-bond donors (Lipinski definition) is 4. The van der Waals surface area contributed by atoms with Crippen molar-refractivity contribution in [3.05, 3.63) is 87.5 Å². The van der Waals surface area contributed by atoms with Crippen molar-refractivity contribution in [1.82, 2.24) is 4.98 Å². The van der Waals surface area contributed by atoms with E-state index in [1.165, 1.54) is 19.2 Å². The van der Waals surface area contributed by atoms with Crippen molar-refractivity contribution >= 4 is 28.5 Å². The second-order valence-corrected chi connectivity index (χ2v) is 10.8. The summed E-state index contributed by atoms with van der Waals surface area (Å²) in [6, 6.07) is 14.4. The average Bonchev–Trinajstić information content (AvgIpc) is 3.42. The number of fused-ring (bicyclic) bond motifs is 1. The summed E-state index contributed by atoms with van der Waals surface area (Å²) in [6.07, 6.45) is -4.83. The molecule has 0 saturated carbocycles. The van der Waals surface area contributed by atoms with E-state index in [0.29, 0.717) is 5.56 Å². The number of aliphatic hydroxyl groups is 1. The Labute approximate surface area is 246 Å². The molecule has 0 aliphatic carbocycles. The maximum Gasteiger partial charge on any atom is 0.364 e. The van der Waals surface area contributed by atoms with Crippen LogP contribution in [0.15, 0.2) is 63.8 Å². The number of anilines is 1. The summed E-state index contributed by atoms with van der Waals surface area (Å²) < 4.78 is 28.8. The van der Waals surface area contributed by atoms with E-state index in [1.54, 1.807) is 70.2 Å². The Bertz CT molecular complexity index is 1730. The molecule has 4 N–H and O–H groups in total. The maximum atomic E-state index is 12.9. The van der Waals surface area contributed by atoms with E-state index in [0.717, 1.165) is 5.69 Å². The quantitative estimate of drug-likeness (QED) is 0.183. The number of aliphatic hydroxyl groups excluding tert-OH is 1. The van der Waals surface area contributed by atoms with Crippen LogP contribution in [0.3, 0.4) is 0 Å².